The molecular formula is C14H19F2N. The highest BCUT2D eigenvalue weighted by molar-refractivity contribution is 5.49. The molecule has 1 aliphatic heterocycles. The van der Waals surface area contributed by atoms with Gasteiger partial charge in [0.2, 0.25) is 0 Å². The van der Waals surface area contributed by atoms with E-state index in [1.807, 2.05) is 13.8 Å². The van der Waals surface area contributed by atoms with E-state index >= 15 is 0 Å². The second kappa shape index (κ2) is 5.03. The van der Waals surface area contributed by atoms with Gasteiger partial charge in [0.25, 0.3) is 0 Å². The minimum absolute atomic E-state index is 0.120. The molecule has 0 spiro atoms. The lowest BCUT2D eigenvalue weighted by atomic mass is 10.0. The summed E-state index contributed by atoms with van der Waals surface area (Å²) in [5.74, 6) is -0.952. The maximum Gasteiger partial charge on any atom is 0.131 e. The van der Waals surface area contributed by atoms with Crippen molar-refractivity contribution in [1.82, 2.24) is 0 Å². The van der Waals surface area contributed by atoms with Gasteiger partial charge in [-0.3, -0.25) is 0 Å². The molecule has 1 saturated heterocycles. The highest BCUT2D eigenvalue weighted by atomic mass is 19.1. The van der Waals surface area contributed by atoms with E-state index in [2.05, 4.69) is 4.90 Å². The smallest absolute Gasteiger partial charge is 0.131 e. The van der Waals surface area contributed by atoms with Gasteiger partial charge in [-0.1, -0.05) is 13.8 Å². The van der Waals surface area contributed by atoms with E-state index in [-0.39, 0.29) is 11.5 Å². The number of halogens is 2. The fraction of sp³-hybridized carbons (Fsp3) is 0.571. The molecule has 1 nitrogen and oxygen atoms in total. The van der Waals surface area contributed by atoms with Gasteiger partial charge in [-0.15, -0.1) is 0 Å². The molecule has 0 bridgehead atoms. The van der Waals surface area contributed by atoms with Crippen LogP contribution in [-0.2, 0) is 0 Å². The quantitative estimate of drug-likeness (QED) is 0.751. The lowest BCUT2D eigenvalue weighted by Gasteiger charge is -2.29. The molecule has 0 amide bonds. The molecule has 1 aromatic rings. The summed E-state index contributed by atoms with van der Waals surface area (Å²) in [6, 6.07) is 2.95. The second-order valence-electron chi connectivity index (χ2n) is 5.03. The van der Waals surface area contributed by atoms with Gasteiger partial charge in [-0.2, -0.15) is 0 Å². The first-order valence-corrected chi connectivity index (χ1v) is 6.33. The Bertz CT molecular complexity index is 372. The van der Waals surface area contributed by atoms with E-state index in [0.29, 0.717) is 5.69 Å². The molecular weight excluding hydrogens is 220 g/mol. The van der Waals surface area contributed by atoms with Crippen LogP contribution in [0.3, 0.4) is 0 Å². The monoisotopic (exact) mass is 239 g/mol. The number of hydrogen-bond donors (Lipinski definition) is 0. The summed E-state index contributed by atoms with van der Waals surface area (Å²) in [7, 11) is 0. The zero-order chi connectivity index (χ0) is 12.4. The predicted octanol–water partition coefficient (Wildman–Crippen LogP) is 4.08. The van der Waals surface area contributed by atoms with Crippen molar-refractivity contribution in [3.63, 3.8) is 0 Å². The highest BCUT2D eigenvalue weighted by Gasteiger charge is 2.18. The summed E-state index contributed by atoms with van der Waals surface area (Å²) in [5.41, 5.74) is 0.884. The summed E-state index contributed by atoms with van der Waals surface area (Å²) in [4.78, 5) is 2.07. The number of rotatable bonds is 2. The molecule has 0 aliphatic carbocycles. The number of hydrogen-bond acceptors (Lipinski definition) is 1. The van der Waals surface area contributed by atoms with Gasteiger partial charge in [-0.05, 0) is 37.3 Å². The first kappa shape index (κ1) is 12.3. The minimum atomic E-state index is -0.416. The van der Waals surface area contributed by atoms with Crippen LogP contribution in [0.4, 0.5) is 14.5 Å². The molecule has 0 radical (unpaired) electrons. The Labute approximate surface area is 101 Å². The largest absolute Gasteiger partial charge is 0.371 e. The van der Waals surface area contributed by atoms with Crippen LogP contribution in [0.25, 0.3) is 0 Å². The van der Waals surface area contributed by atoms with E-state index in [1.54, 1.807) is 0 Å². The van der Waals surface area contributed by atoms with E-state index < -0.39 is 11.6 Å². The van der Waals surface area contributed by atoms with Gasteiger partial charge >= 0.3 is 0 Å². The van der Waals surface area contributed by atoms with Crippen LogP contribution in [0.2, 0.25) is 0 Å². The molecule has 1 aromatic carbocycles. The van der Waals surface area contributed by atoms with Crippen LogP contribution in [-0.4, -0.2) is 13.1 Å². The standard InChI is InChI=1S/C14H19F2N/c1-10(2)14-12(15)8-11(9-13(14)16)17-6-4-3-5-7-17/h8-10H,3-7H2,1-2H3. The third-order valence-corrected chi connectivity index (χ3v) is 3.36. The van der Waals surface area contributed by atoms with E-state index in [1.165, 1.54) is 18.6 Å². The molecule has 1 heterocycles. The van der Waals surface area contributed by atoms with Crippen LogP contribution in [0.15, 0.2) is 12.1 Å². The van der Waals surface area contributed by atoms with Crippen molar-refractivity contribution in [3.05, 3.63) is 29.3 Å². The van der Waals surface area contributed by atoms with Crippen molar-refractivity contribution in [2.24, 2.45) is 0 Å². The zero-order valence-electron chi connectivity index (χ0n) is 10.5. The Morgan fingerprint density at radius 3 is 2.00 bits per heavy atom. The van der Waals surface area contributed by atoms with E-state index in [0.717, 1.165) is 25.9 Å². The molecule has 94 valence electrons. The normalized spacial score (nSPS) is 16.6. The summed E-state index contributed by atoms with van der Waals surface area (Å²) >= 11 is 0. The first-order valence-electron chi connectivity index (χ1n) is 6.33. The van der Waals surface area contributed by atoms with Gasteiger partial charge in [0.15, 0.2) is 0 Å². The van der Waals surface area contributed by atoms with Crippen molar-refractivity contribution in [3.8, 4) is 0 Å². The topological polar surface area (TPSA) is 3.24 Å². The fourth-order valence-corrected chi connectivity index (χ4v) is 2.46. The summed E-state index contributed by atoms with van der Waals surface area (Å²) in [6.07, 6.45) is 3.43. The Morgan fingerprint density at radius 1 is 1.00 bits per heavy atom. The molecule has 3 heteroatoms. The molecule has 0 saturated carbocycles. The van der Waals surface area contributed by atoms with Crippen LogP contribution < -0.4 is 4.90 Å². The van der Waals surface area contributed by atoms with Crippen LogP contribution in [0, 0.1) is 11.6 Å². The number of benzene rings is 1. The van der Waals surface area contributed by atoms with Gasteiger partial charge in [0.1, 0.15) is 11.6 Å². The van der Waals surface area contributed by atoms with Gasteiger partial charge < -0.3 is 4.90 Å². The lowest BCUT2D eigenvalue weighted by molar-refractivity contribution is 0.534. The third kappa shape index (κ3) is 2.59. The zero-order valence-corrected chi connectivity index (χ0v) is 10.5. The summed E-state index contributed by atoms with van der Waals surface area (Å²) in [6.45, 7) is 5.42. The second-order valence-corrected chi connectivity index (χ2v) is 5.03. The van der Waals surface area contributed by atoms with Crippen molar-refractivity contribution in [2.75, 3.05) is 18.0 Å². The molecule has 1 aliphatic rings. The summed E-state index contributed by atoms with van der Waals surface area (Å²) in [5, 5.41) is 0. The SMILES string of the molecule is CC(C)c1c(F)cc(N2CCCCC2)cc1F. The Balaban J connectivity index is 2.31. The van der Waals surface area contributed by atoms with Crippen LogP contribution >= 0.6 is 0 Å². The average molecular weight is 239 g/mol. The first-order chi connectivity index (χ1) is 8.09. The third-order valence-electron chi connectivity index (χ3n) is 3.36. The molecule has 0 N–H and O–H groups in total. The van der Waals surface area contributed by atoms with Crippen molar-refractivity contribution in [1.29, 1.82) is 0 Å². The van der Waals surface area contributed by atoms with Crippen molar-refractivity contribution in [2.45, 2.75) is 39.0 Å². The van der Waals surface area contributed by atoms with Crippen molar-refractivity contribution >= 4 is 5.69 Å². The van der Waals surface area contributed by atoms with Crippen LogP contribution in [0.5, 0.6) is 0 Å². The minimum Gasteiger partial charge on any atom is -0.371 e. The maximum atomic E-state index is 13.9. The van der Waals surface area contributed by atoms with Gasteiger partial charge in [0.05, 0.1) is 0 Å². The Hall–Kier alpha value is -1.12. The highest BCUT2D eigenvalue weighted by Crippen LogP contribution is 2.28. The van der Waals surface area contributed by atoms with E-state index in [4.69, 9.17) is 0 Å². The molecule has 0 atom stereocenters. The van der Waals surface area contributed by atoms with Gasteiger partial charge in [0, 0.05) is 24.3 Å². The van der Waals surface area contributed by atoms with Gasteiger partial charge in [-0.25, -0.2) is 8.78 Å². The predicted molar refractivity (Wildman–Crippen MR) is 66.5 cm³/mol. The van der Waals surface area contributed by atoms with E-state index in [9.17, 15) is 8.78 Å². The fourth-order valence-electron chi connectivity index (χ4n) is 2.46. The number of piperidine rings is 1. The number of anilines is 1. The van der Waals surface area contributed by atoms with Crippen LogP contribution in [0.1, 0.15) is 44.6 Å². The molecule has 17 heavy (non-hydrogen) atoms. The molecule has 2 rings (SSSR count). The molecule has 0 unspecified atom stereocenters. The molecule has 0 aromatic heterocycles. The Kier molecular flexibility index (Phi) is 3.65. The Morgan fingerprint density at radius 2 is 1.53 bits per heavy atom. The summed E-state index contributed by atoms with van der Waals surface area (Å²) < 4.78 is 27.7. The lowest BCUT2D eigenvalue weighted by Crippen LogP contribution is -2.29. The number of nitrogens with zero attached hydrogens (tertiary/aromatic N) is 1. The average Bonchev–Trinajstić information content (AvgIpc) is 2.28. The maximum absolute atomic E-state index is 13.9. The van der Waals surface area contributed by atoms with Crippen molar-refractivity contribution < 1.29 is 8.78 Å². The molecule has 1 fully saturated rings.